The first-order chi connectivity index (χ1) is 9.70. The van der Waals surface area contributed by atoms with Gasteiger partial charge in [-0.25, -0.2) is 9.37 Å². The number of halogens is 2. The van der Waals surface area contributed by atoms with Crippen LogP contribution in [0.25, 0.3) is 0 Å². The van der Waals surface area contributed by atoms with Crippen LogP contribution < -0.4 is 15.4 Å². The monoisotopic (exact) mass is 302 g/mol. The van der Waals surface area contributed by atoms with E-state index in [1.807, 2.05) is 6.92 Å². The lowest BCUT2D eigenvalue weighted by atomic mass is 9.93. The third kappa shape index (κ3) is 4.18. The average Bonchev–Trinajstić information content (AvgIpc) is 2.49. The van der Waals surface area contributed by atoms with Crippen LogP contribution in [0.15, 0.2) is 6.20 Å². The van der Waals surface area contributed by atoms with Gasteiger partial charge in [0.15, 0.2) is 0 Å². The fourth-order valence-electron chi connectivity index (χ4n) is 2.24. The van der Waals surface area contributed by atoms with Crippen molar-refractivity contribution in [2.24, 2.45) is 5.92 Å². The molecule has 0 spiro atoms. The van der Waals surface area contributed by atoms with E-state index in [4.69, 9.17) is 16.3 Å². The van der Waals surface area contributed by atoms with Crippen molar-refractivity contribution in [3.05, 3.63) is 11.2 Å². The number of alkyl halides is 1. The zero-order chi connectivity index (χ0) is 14.4. The predicted molar refractivity (Wildman–Crippen MR) is 77.2 cm³/mol. The first kappa shape index (κ1) is 15.3. The molecule has 1 aromatic rings. The summed E-state index contributed by atoms with van der Waals surface area (Å²) in [4.78, 5) is 8.15. The molecule has 0 aromatic carbocycles. The topological polar surface area (TPSA) is 59.1 Å². The van der Waals surface area contributed by atoms with Crippen LogP contribution in [0, 0.1) is 5.92 Å². The minimum atomic E-state index is -0.896. The fraction of sp³-hybridized carbons (Fsp3) is 0.692. The van der Waals surface area contributed by atoms with E-state index in [1.54, 1.807) is 0 Å². The summed E-state index contributed by atoms with van der Waals surface area (Å²) in [6.07, 6.45) is 2.30. The number of hydrogen-bond donors (Lipinski definition) is 2. The molecule has 0 aliphatic carbocycles. The van der Waals surface area contributed by atoms with Crippen LogP contribution in [0.3, 0.4) is 0 Å². The quantitative estimate of drug-likeness (QED) is 0.844. The van der Waals surface area contributed by atoms with E-state index in [2.05, 4.69) is 20.6 Å². The van der Waals surface area contributed by atoms with E-state index in [0.29, 0.717) is 23.5 Å². The maximum atomic E-state index is 14.1. The molecular weight excluding hydrogens is 283 g/mol. The molecule has 1 aliphatic rings. The standard InChI is InChI=1S/C13H20ClFN4O/c1-2-20-12-10(14)7-17-13(19-12)18-8-11(15)9-3-5-16-6-4-9/h7,9,11,16H,2-6,8H2,1H3,(H,17,18,19). The van der Waals surface area contributed by atoms with Crippen molar-refractivity contribution in [1.29, 1.82) is 0 Å². The molecule has 112 valence electrons. The predicted octanol–water partition coefficient (Wildman–Crippen LogP) is 2.28. The minimum Gasteiger partial charge on any atom is -0.477 e. The van der Waals surface area contributed by atoms with Crippen LogP contribution in [-0.4, -0.2) is 42.4 Å². The Hall–Kier alpha value is -1.14. The molecule has 0 radical (unpaired) electrons. The Morgan fingerprint density at radius 1 is 1.55 bits per heavy atom. The summed E-state index contributed by atoms with van der Waals surface area (Å²) in [5, 5.41) is 6.49. The molecule has 2 rings (SSSR count). The minimum absolute atomic E-state index is 0.0995. The zero-order valence-corrected chi connectivity index (χ0v) is 12.3. The Bertz CT molecular complexity index is 429. The van der Waals surface area contributed by atoms with Gasteiger partial charge < -0.3 is 15.4 Å². The molecular formula is C13H20ClFN4O. The van der Waals surface area contributed by atoms with Crippen LogP contribution in [0.5, 0.6) is 5.88 Å². The number of piperidine rings is 1. The maximum Gasteiger partial charge on any atom is 0.237 e. The largest absolute Gasteiger partial charge is 0.477 e. The van der Waals surface area contributed by atoms with E-state index >= 15 is 0 Å². The fourth-order valence-corrected chi connectivity index (χ4v) is 2.38. The number of rotatable bonds is 6. The molecule has 0 amide bonds. The lowest BCUT2D eigenvalue weighted by Crippen LogP contribution is -2.35. The van der Waals surface area contributed by atoms with E-state index in [0.717, 1.165) is 25.9 Å². The second-order valence-corrected chi connectivity index (χ2v) is 5.17. The normalized spacial score (nSPS) is 17.8. The summed E-state index contributed by atoms with van der Waals surface area (Å²) < 4.78 is 19.4. The first-order valence-electron chi connectivity index (χ1n) is 6.94. The third-order valence-corrected chi connectivity index (χ3v) is 3.60. The van der Waals surface area contributed by atoms with Gasteiger partial charge in [0.2, 0.25) is 11.8 Å². The number of anilines is 1. The van der Waals surface area contributed by atoms with Crippen molar-refractivity contribution in [3.63, 3.8) is 0 Å². The van der Waals surface area contributed by atoms with Crippen molar-refractivity contribution >= 4 is 17.5 Å². The Kier molecular flexibility index (Phi) is 5.79. The van der Waals surface area contributed by atoms with Crippen LogP contribution in [0.2, 0.25) is 5.02 Å². The summed E-state index contributed by atoms with van der Waals surface area (Å²) in [5.74, 6) is 0.765. The smallest absolute Gasteiger partial charge is 0.237 e. The van der Waals surface area contributed by atoms with Gasteiger partial charge in [-0.2, -0.15) is 4.98 Å². The molecule has 1 aromatic heterocycles. The Morgan fingerprint density at radius 2 is 2.30 bits per heavy atom. The zero-order valence-electron chi connectivity index (χ0n) is 11.5. The van der Waals surface area contributed by atoms with Crippen molar-refractivity contribution in [1.82, 2.24) is 15.3 Å². The van der Waals surface area contributed by atoms with Crippen molar-refractivity contribution in [2.45, 2.75) is 25.9 Å². The molecule has 1 saturated heterocycles. The molecule has 1 atom stereocenters. The SMILES string of the molecule is CCOc1nc(NCC(F)C2CCNCC2)ncc1Cl. The number of nitrogens with zero attached hydrogens (tertiary/aromatic N) is 2. The van der Waals surface area contributed by atoms with Crippen LogP contribution in [0.4, 0.5) is 10.3 Å². The molecule has 20 heavy (non-hydrogen) atoms. The average molecular weight is 303 g/mol. The summed E-state index contributed by atoms with van der Waals surface area (Å²) in [7, 11) is 0. The highest BCUT2D eigenvalue weighted by Crippen LogP contribution is 2.23. The molecule has 1 fully saturated rings. The van der Waals surface area contributed by atoms with E-state index < -0.39 is 6.17 Å². The lowest BCUT2D eigenvalue weighted by molar-refractivity contribution is 0.198. The summed E-state index contributed by atoms with van der Waals surface area (Å²) >= 11 is 5.90. The van der Waals surface area contributed by atoms with Gasteiger partial charge in [-0.05, 0) is 38.8 Å². The highest BCUT2D eigenvalue weighted by molar-refractivity contribution is 6.31. The molecule has 2 N–H and O–H groups in total. The number of hydrogen-bond acceptors (Lipinski definition) is 5. The first-order valence-corrected chi connectivity index (χ1v) is 7.32. The van der Waals surface area contributed by atoms with Gasteiger partial charge >= 0.3 is 0 Å². The van der Waals surface area contributed by atoms with Gasteiger partial charge in [0.05, 0.1) is 12.8 Å². The Balaban J connectivity index is 1.88. The second kappa shape index (κ2) is 7.59. The lowest BCUT2D eigenvalue weighted by Gasteiger charge is -2.25. The van der Waals surface area contributed by atoms with Gasteiger partial charge in [0.25, 0.3) is 0 Å². The highest BCUT2D eigenvalue weighted by atomic mass is 35.5. The Morgan fingerprint density at radius 3 is 3.00 bits per heavy atom. The van der Waals surface area contributed by atoms with Crippen molar-refractivity contribution in [3.8, 4) is 5.88 Å². The molecule has 1 aliphatic heterocycles. The maximum absolute atomic E-state index is 14.1. The summed E-state index contributed by atoms with van der Waals surface area (Å²) in [6.45, 7) is 4.29. The third-order valence-electron chi connectivity index (χ3n) is 3.34. The number of ether oxygens (including phenoxy) is 1. The van der Waals surface area contributed by atoms with Gasteiger partial charge in [0, 0.05) is 6.54 Å². The van der Waals surface area contributed by atoms with Gasteiger partial charge in [-0.3, -0.25) is 0 Å². The molecule has 1 unspecified atom stereocenters. The van der Waals surface area contributed by atoms with E-state index in [-0.39, 0.29) is 12.5 Å². The highest BCUT2D eigenvalue weighted by Gasteiger charge is 2.23. The van der Waals surface area contributed by atoms with Crippen molar-refractivity contribution in [2.75, 3.05) is 31.6 Å². The van der Waals surface area contributed by atoms with Crippen molar-refractivity contribution < 1.29 is 9.13 Å². The van der Waals surface area contributed by atoms with Crippen LogP contribution in [0.1, 0.15) is 19.8 Å². The number of nitrogens with one attached hydrogen (secondary N) is 2. The molecule has 2 heterocycles. The van der Waals surface area contributed by atoms with Crippen LogP contribution >= 0.6 is 11.6 Å². The number of aromatic nitrogens is 2. The molecule has 5 nitrogen and oxygen atoms in total. The van der Waals surface area contributed by atoms with Gasteiger partial charge in [-0.15, -0.1) is 0 Å². The summed E-state index contributed by atoms with van der Waals surface area (Å²) in [5.41, 5.74) is 0. The Labute approximate surface area is 123 Å². The summed E-state index contributed by atoms with van der Waals surface area (Å²) in [6, 6.07) is 0. The van der Waals surface area contributed by atoms with Crippen LogP contribution in [-0.2, 0) is 0 Å². The van der Waals surface area contributed by atoms with Gasteiger partial charge in [-0.1, -0.05) is 11.6 Å². The van der Waals surface area contributed by atoms with E-state index in [9.17, 15) is 4.39 Å². The van der Waals surface area contributed by atoms with Gasteiger partial charge in [0.1, 0.15) is 11.2 Å². The molecule has 0 saturated carbocycles. The molecule has 0 bridgehead atoms. The van der Waals surface area contributed by atoms with E-state index in [1.165, 1.54) is 6.20 Å². The second-order valence-electron chi connectivity index (χ2n) is 4.76. The molecule has 7 heteroatoms.